The maximum Gasteiger partial charge on any atom is 0.228 e. The van der Waals surface area contributed by atoms with E-state index in [1.807, 2.05) is 6.07 Å². The van der Waals surface area contributed by atoms with Gasteiger partial charge in [0.1, 0.15) is 11.5 Å². The molecule has 0 aliphatic heterocycles. The van der Waals surface area contributed by atoms with Crippen molar-refractivity contribution in [2.24, 2.45) is 5.92 Å². The van der Waals surface area contributed by atoms with Gasteiger partial charge in [-0.1, -0.05) is 18.4 Å². The van der Waals surface area contributed by atoms with E-state index in [4.69, 9.17) is 5.11 Å². The molecular weight excluding hydrogens is 228 g/mol. The Balaban J connectivity index is 1.98. The number of hydrogen-bond donors (Lipinski definition) is 2. The van der Waals surface area contributed by atoms with Gasteiger partial charge in [0, 0.05) is 12.3 Å². The summed E-state index contributed by atoms with van der Waals surface area (Å²) in [7, 11) is 0. The number of anilines is 1. The lowest BCUT2D eigenvalue weighted by molar-refractivity contribution is -0.122. The lowest BCUT2D eigenvalue weighted by Gasteiger charge is -2.23. The minimum absolute atomic E-state index is 0.0467. The van der Waals surface area contributed by atoms with E-state index in [-0.39, 0.29) is 18.4 Å². The highest BCUT2D eigenvalue weighted by Gasteiger charge is 2.25. The molecule has 1 aliphatic carbocycles. The van der Waals surface area contributed by atoms with E-state index in [0.717, 1.165) is 19.3 Å². The summed E-state index contributed by atoms with van der Waals surface area (Å²) >= 11 is 0. The summed E-state index contributed by atoms with van der Waals surface area (Å²) in [6.45, 7) is 0.0467. The fourth-order valence-electron chi connectivity index (χ4n) is 1.68. The van der Waals surface area contributed by atoms with Crippen LogP contribution in [0.2, 0.25) is 0 Å². The van der Waals surface area contributed by atoms with Crippen LogP contribution in [0, 0.1) is 17.8 Å². The van der Waals surface area contributed by atoms with E-state index in [1.165, 1.54) is 0 Å². The number of aliphatic hydroxyl groups is 1. The zero-order valence-electron chi connectivity index (χ0n) is 10.1. The molecule has 1 heterocycles. The van der Waals surface area contributed by atoms with Crippen LogP contribution < -0.4 is 5.32 Å². The molecule has 0 radical (unpaired) electrons. The first-order valence-electron chi connectivity index (χ1n) is 6.17. The smallest absolute Gasteiger partial charge is 0.228 e. The molecule has 0 unspecified atom stereocenters. The van der Waals surface area contributed by atoms with Gasteiger partial charge in [0.15, 0.2) is 0 Å². The van der Waals surface area contributed by atoms with E-state index < -0.39 is 0 Å². The quantitative estimate of drug-likeness (QED) is 0.793. The van der Waals surface area contributed by atoms with Crippen LogP contribution in [-0.2, 0) is 4.79 Å². The van der Waals surface area contributed by atoms with Gasteiger partial charge in [0.25, 0.3) is 0 Å². The highest BCUT2D eigenvalue weighted by Crippen LogP contribution is 2.27. The van der Waals surface area contributed by atoms with E-state index in [1.54, 1.807) is 12.1 Å². The highest BCUT2D eigenvalue weighted by molar-refractivity contribution is 5.92. The Kier molecular flexibility index (Phi) is 4.32. The van der Waals surface area contributed by atoms with Crippen molar-refractivity contribution in [3.05, 3.63) is 23.9 Å². The van der Waals surface area contributed by atoms with Crippen molar-refractivity contribution in [2.45, 2.75) is 25.7 Å². The van der Waals surface area contributed by atoms with Gasteiger partial charge in [0.2, 0.25) is 5.91 Å². The average Bonchev–Trinajstić information content (AvgIpc) is 2.27. The van der Waals surface area contributed by atoms with Crippen LogP contribution in [0.4, 0.5) is 5.82 Å². The van der Waals surface area contributed by atoms with Gasteiger partial charge in [-0.25, -0.2) is 4.98 Å². The monoisotopic (exact) mass is 244 g/mol. The molecular formula is C14H16N2O2. The Morgan fingerprint density at radius 1 is 1.50 bits per heavy atom. The number of nitrogens with zero attached hydrogens (tertiary/aromatic N) is 1. The summed E-state index contributed by atoms with van der Waals surface area (Å²) in [5.74, 6) is 6.39. The topological polar surface area (TPSA) is 62.2 Å². The number of rotatable bonds is 3. The zero-order valence-corrected chi connectivity index (χ0v) is 10.1. The van der Waals surface area contributed by atoms with Gasteiger partial charge in [0.05, 0.1) is 6.61 Å². The molecule has 0 saturated heterocycles. The van der Waals surface area contributed by atoms with Gasteiger partial charge >= 0.3 is 0 Å². The zero-order chi connectivity index (χ0) is 12.8. The van der Waals surface area contributed by atoms with Crippen LogP contribution in [-0.4, -0.2) is 22.6 Å². The summed E-state index contributed by atoms with van der Waals surface area (Å²) in [5, 5.41) is 11.4. The molecule has 1 amide bonds. The fraction of sp³-hybridized carbons (Fsp3) is 0.429. The minimum atomic E-state index is 0.0467. The number of pyridine rings is 1. The summed E-state index contributed by atoms with van der Waals surface area (Å²) in [6, 6.07) is 5.35. The van der Waals surface area contributed by atoms with Crippen LogP contribution in [0.25, 0.3) is 0 Å². The number of nitrogens with one attached hydrogen (secondary N) is 1. The summed E-state index contributed by atoms with van der Waals surface area (Å²) in [6.07, 6.45) is 3.52. The maximum absolute atomic E-state index is 11.7. The molecule has 2 N–H and O–H groups in total. The molecule has 1 aromatic rings. The SMILES string of the molecule is O=C(Nc1cccc(C#CCCO)n1)C1CCC1. The number of aromatic nitrogens is 1. The molecule has 18 heavy (non-hydrogen) atoms. The number of carbonyl (C=O) groups is 1. The van der Waals surface area contributed by atoms with Crippen molar-refractivity contribution >= 4 is 11.7 Å². The second-order valence-corrected chi connectivity index (χ2v) is 4.30. The molecule has 1 fully saturated rings. The predicted molar refractivity (Wildman–Crippen MR) is 68.8 cm³/mol. The third-order valence-electron chi connectivity index (χ3n) is 2.93. The van der Waals surface area contributed by atoms with Crippen molar-refractivity contribution in [1.29, 1.82) is 0 Å². The van der Waals surface area contributed by atoms with Gasteiger partial charge in [-0.05, 0) is 30.9 Å². The van der Waals surface area contributed by atoms with Crippen molar-refractivity contribution in [2.75, 3.05) is 11.9 Å². The molecule has 1 saturated carbocycles. The first kappa shape index (κ1) is 12.6. The molecule has 0 atom stereocenters. The van der Waals surface area contributed by atoms with Crippen LogP contribution >= 0.6 is 0 Å². The molecule has 1 aliphatic rings. The standard InChI is InChI=1S/C14H16N2O2/c17-10-2-1-7-12-8-4-9-13(15-12)16-14(18)11-5-3-6-11/h4,8-9,11,17H,2-3,5-6,10H2,(H,15,16,18). The second kappa shape index (κ2) is 6.18. The molecule has 0 aromatic carbocycles. The Morgan fingerprint density at radius 3 is 3.00 bits per heavy atom. The Labute approximate surface area is 106 Å². The second-order valence-electron chi connectivity index (χ2n) is 4.30. The fourth-order valence-corrected chi connectivity index (χ4v) is 1.68. The molecule has 0 spiro atoms. The number of amides is 1. The predicted octanol–water partition coefficient (Wildman–Crippen LogP) is 1.55. The Morgan fingerprint density at radius 2 is 2.33 bits per heavy atom. The lowest BCUT2D eigenvalue weighted by atomic mass is 9.85. The van der Waals surface area contributed by atoms with Crippen molar-refractivity contribution in [3.8, 4) is 11.8 Å². The third kappa shape index (κ3) is 3.31. The molecule has 94 valence electrons. The minimum Gasteiger partial charge on any atom is -0.395 e. The lowest BCUT2D eigenvalue weighted by Crippen LogP contribution is -2.28. The third-order valence-corrected chi connectivity index (χ3v) is 2.93. The summed E-state index contributed by atoms with van der Waals surface area (Å²) in [4.78, 5) is 16.0. The van der Waals surface area contributed by atoms with Gasteiger partial charge in [-0.2, -0.15) is 0 Å². The van der Waals surface area contributed by atoms with Crippen LogP contribution in [0.3, 0.4) is 0 Å². The van der Waals surface area contributed by atoms with Gasteiger partial charge in [-0.15, -0.1) is 0 Å². The Hall–Kier alpha value is -1.86. The first-order valence-corrected chi connectivity index (χ1v) is 6.17. The van der Waals surface area contributed by atoms with Gasteiger partial charge in [-0.3, -0.25) is 4.79 Å². The molecule has 2 rings (SSSR count). The Bertz CT molecular complexity index is 484. The van der Waals surface area contributed by atoms with E-state index >= 15 is 0 Å². The average molecular weight is 244 g/mol. The molecule has 1 aromatic heterocycles. The number of hydrogen-bond acceptors (Lipinski definition) is 3. The van der Waals surface area contributed by atoms with E-state index in [2.05, 4.69) is 22.1 Å². The molecule has 4 heteroatoms. The van der Waals surface area contributed by atoms with Crippen LogP contribution in [0.1, 0.15) is 31.4 Å². The number of aliphatic hydroxyl groups excluding tert-OH is 1. The van der Waals surface area contributed by atoms with Crippen LogP contribution in [0.15, 0.2) is 18.2 Å². The van der Waals surface area contributed by atoms with Gasteiger partial charge < -0.3 is 10.4 Å². The maximum atomic E-state index is 11.7. The summed E-state index contributed by atoms with van der Waals surface area (Å²) in [5.41, 5.74) is 0.606. The molecule has 0 bridgehead atoms. The normalized spacial score (nSPS) is 14.3. The van der Waals surface area contributed by atoms with Crippen LogP contribution in [0.5, 0.6) is 0 Å². The van der Waals surface area contributed by atoms with E-state index in [0.29, 0.717) is 17.9 Å². The van der Waals surface area contributed by atoms with E-state index in [9.17, 15) is 4.79 Å². The van der Waals surface area contributed by atoms with Crippen molar-refractivity contribution < 1.29 is 9.90 Å². The molecule has 4 nitrogen and oxygen atoms in total. The number of carbonyl (C=O) groups excluding carboxylic acids is 1. The largest absolute Gasteiger partial charge is 0.395 e. The highest BCUT2D eigenvalue weighted by atomic mass is 16.2. The van der Waals surface area contributed by atoms with Crippen molar-refractivity contribution in [1.82, 2.24) is 4.98 Å². The first-order chi connectivity index (χ1) is 8.79. The van der Waals surface area contributed by atoms with Crippen molar-refractivity contribution in [3.63, 3.8) is 0 Å². The summed E-state index contributed by atoms with van der Waals surface area (Å²) < 4.78 is 0.